The van der Waals surface area contributed by atoms with E-state index in [4.69, 9.17) is 0 Å². The number of hydrogen-bond donors (Lipinski definition) is 4. The van der Waals surface area contributed by atoms with Crippen molar-refractivity contribution in [3.8, 4) is 0 Å². The third kappa shape index (κ3) is 7.50. The molecule has 0 radical (unpaired) electrons. The van der Waals surface area contributed by atoms with Crippen molar-refractivity contribution in [1.82, 2.24) is 10.6 Å². The molecule has 27 heavy (non-hydrogen) atoms. The minimum absolute atomic E-state index is 0. The summed E-state index contributed by atoms with van der Waals surface area (Å²) in [5.74, 6) is -1.83. The summed E-state index contributed by atoms with van der Waals surface area (Å²) >= 11 is 0. The SMILES string of the molecule is Br.O=C(O)C(NCCCCNC(C(=O)O)c1ccccc1)c1ccccc1. The van der Waals surface area contributed by atoms with Gasteiger partial charge in [-0.3, -0.25) is 9.59 Å². The van der Waals surface area contributed by atoms with E-state index >= 15 is 0 Å². The summed E-state index contributed by atoms with van der Waals surface area (Å²) in [6.07, 6.45) is 1.48. The van der Waals surface area contributed by atoms with Crippen molar-refractivity contribution in [2.75, 3.05) is 13.1 Å². The number of aliphatic carboxylic acids is 2. The molecule has 2 aromatic carbocycles. The zero-order valence-corrected chi connectivity index (χ0v) is 16.6. The zero-order chi connectivity index (χ0) is 18.8. The highest BCUT2D eigenvalue weighted by molar-refractivity contribution is 8.93. The summed E-state index contributed by atoms with van der Waals surface area (Å²) in [4.78, 5) is 22.8. The second-order valence-electron chi connectivity index (χ2n) is 5.98. The lowest BCUT2D eigenvalue weighted by Crippen LogP contribution is -2.31. The normalized spacial score (nSPS) is 12.6. The number of carboxylic acids is 2. The highest BCUT2D eigenvalue weighted by Gasteiger charge is 2.19. The van der Waals surface area contributed by atoms with Crippen LogP contribution in [0.5, 0.6) is 0 Å². The van der Waals surface area contributed by atoms with Crippen LogP contribution in [0, 0.1) is 0 Å². The van der Waals surface area contributed by atoms with Crippen LogP contribution in [-0.4, -0.2) is 35.2 Å². The van der Waals surface area contributed by atoms with E-state index in [1.165, 1.54) is 0 Å². The Labute approximate surface area is 169 Å². The molecule has 0 aliphatic heterocycles. The maximum Gasteiger partial charge on any atom is 0.325 e. The predicted molar refractivity (Wildman–Crippen MR) is 109 cm³/mol. The minimum atomic E-state index is -0.913. The Kier molecular flexibility index (Phi) is 10.3. The molecule has 0 spiro atoms. The van der Waals surface area contributed by atoms with Crippen LogP contribution in [-0.2, 0) is 9.59 Å². The molecule has 2 rings (SSSR count). The molecule has 2 unspecified atom stereocenters. The van der Waals surface area contributed by atoms with Gasteiger partial charge in [-0.2, -0.15) is 0 Å². The zero-order valence-electron chi connectivity index (χ0n) is 14.9. The molecular weight excluding hydrogens is 412 g/mol. The van der Waals surface area contributed by atoms with Gasteiger partial charge in [0.1, 0.15) is 12.1 Å². The van der Waals surface area contributed by atoms with E-state index in [2.05, 4.69) is 10.6 Å². The van der Waals surface area contributed by atoms with Crippen LogP contribution in [0.3, 0.4) is 0 Å². The van der Waals surface area contributed by atoms with Gasteiger partial charge in [-0.25, -0.2) is 0 Å². The van der Waals surface area contributed by atoms with Gasteiger partial charge < -0.3 is 20.8 Å². The van der Waals surface area contributed by atoms with Crippen LogP contribution < -0.4 is 10.6 Å². The first-order chi connectivity index (χ1) is 12.6. The van der Waals surface area contributed by atoms with E-state index in [1.807, 2.05) is 36.4 Å². The second-order valence-corrected chi connectivity index (χ2v) is 5.98. The van der Waals surface area contributed by atoms with Crippen molar-refractivity contribution < 1.29 is 19.8 Å². The van der Waals surface area contributed by atoms with Crippen molar-refractivity contribution in [3.63, 3.8) is 0 Å². The third-order valence-electron chi connectivity index (χ3n) is 4.06. The van der Waals surface area contributed by atoms with E-state index in [0.717, 1.165) is 12.8 Å². The molecule has 0 heterocycles. The van der Waals surface area contributed by atoms with Crippen molar-refractivity contribution in [2.24, 2.45) is 0 Å². The van der Waals surface area contributed by atoms with E-state index in [1.54, 1.807) is 24.3 Å². The highest BCUT2D eigenvalue weighted by Crippen LogP contribution is 2.14. The van der Waals surface area contributed by atoms with E-state index < -0.39 is 24.0 Å². The number of rotatable bonds is 11. The molecular formula is C20H25BrN2O4. The maximum absolute atomic E-state index is 11.4. The average Bonchev–Trinajstić information content (AvgIpc) is 2.65. The van der Waals surface area contributed by atoms with Gasteiger partial charge in [-0.05, 0) is 37.1 Å². The molecule has 6 nitrogen and oxygen atoms in total. The highest BCUT2D eigenvalue weighted by atomic mass is 79.9. The second kappa shape index (κ2) is 12.2. The van der Waals surface area contributed by atoms with Crippen molar-refractivity contribution >= 4 is 28.9 Å². The molecule has 0 fully saturated rings. The van der Waals surface area contributed by atoms with Gasteiger partial charge in [0.15, 0.2) is 0 Å². The molecule has 0 bridgehead atoms. The number of carbonyl (C=O) groups is 2. The molecule has 146 valence electrons. The first-order valence-electron chi connectivity index (χ1n) is 8.62. The van der Waals surface area contributed by atoms with Crippen molar-refractivity contribution in [2.45, 2.75) is 24.9 Å². The number of benzene rings is 2. The van der Waals surface area contributed by atoms with E-state index in [9.17, 15) is 19.8 Å². The molecule has 2 atom stereocenters. The quantitative estimate of drug-likeness (QED) is 0.403. The van der Waals surface area contributed by atoms with Gasteiger partial charge in [0.2, 0.25) is 0 Å². The Hall–Kier alpha value is -2.22. The number of nitrogens with one attached hydrogen (secondary N) is 2. The topological polar surface area (TPSA) is 98.7 Å². The first kappa shape index (κ1) is 22.8. The van der Waals surface area contributed by atoms with Gasteiger partial charge >= 0.3 is 11.9 Å². The van der Waals surface area contributed by atoms with Crippen LogP contribution in [0.2, 0.25) is 0 Å². The molecule has 0 aliphatic rings. The fourth-order valence-corrected chi connectivity index (χ4v) is 2.73. The summed E-state index contributed by atoms with van der Waals surface area (Å²) in [5.41, 5.74) is 1.43. The van der Waals surface area contributed by atoms with E-state index in [-0.39, 0.29) is 17.0 Å². The van der Waals surface area contributed by atoms with Crippen LogP contribution in [0.25, 0.3) is 0 Å². The monoisotopic (exact) mass is 436 g/mol. The smallest absolute Gasteiger partial charge is 0.325 e. The lowest BCUT2D eigenvalue weighted by molar-refractivity contribution is -0.140. The summed E-state index contributed by atoms with van der Waals surface area (Å²) in [5, 5.41) is 24.8. The number of hydrogen-bond acceptors (Lipinski definition) is 4. The van der Waals surface area contributed by atoms with Gasteiger partial charge in [0.25, 0.3) is 0 Å². The molecule has 0 saturated heterocycles. The Balaban J connectivity index is 0.00000364. The standard InChI is InChI=1S/C20H24N2O4.BrH/c23-19(24)17(15-9-3-1-4-10-15)21-13-7-8-14-22-18(20(25)26)16-11-5-2-6-12-16;/h1-6,9-12,17-18,21-22H,7-8,13-14H2,(H,23,24)(H,25,26);1H. The van der Waals surface area contributed by atoms with Crippen LogP contribution in [0.15, 0.2) is 60.7 Å². The number of carboxylic acid groups (broad SMARTS) is 2. The first-order valence-corrected chi connectivity index (χ1v) is 8.62. The Morgan fingerprint density at radius 3 is 1.33 bits per heavy atom. The summed E-state index contributed by atoms with van der Waals surface area (Å²) in [7, 11) is 0. The summed E-state index contributed by atoms with van der Waals surface area (Å²) < 4.78 is 0. The summed E-state index contributed by atoms with van der Waals surface area (Å²) in [6, 6.07) is 16.6. The van der Waals surface area contributed by atoms with Gasteiger partial charge in [0.05, 0.1) is 0 Å². The predicted octanol–water partition coefficient (Wildman–Crippen LogP) is 3.18. The molecule has 0 saturated carbocycles. The molecule has 0 aromatic heterocycles. The number of halogens is 1. The van der Waals surface area contributed by atoms with Crippen LogP contribution in [0.4, 0.5) is 0 Å². The van der Waals surface area contributed by atoms with Crippen molar-refractivity contribution in [3.05, 3.63) is 71.8 Å². The van der Waals surface area contributed by atoms with Gasteiger partial charge in [-0.15, -0.1) is 17.0 Å². The van der Waals surface area contributed by atoms with E-state index in [0.29, 0.717) is 24.2 Å². The Morgan fingerprint density at radius 1 is 0.704 bits per heavy atom. The fraction of sp³-hybridized carbons (Fsp3) is 0.300. The van der Waals surface area contributed by atoms with Crippen LogP contribution in [0.1, 0.15) is 36.1 Å². The maximum atomic E-state index is 11.4. The Morgan fingerprint density at radius 2 is 1.04 bits per heavy atom. The Bertz CT molecular complexity index is 636. The van der Waals surface area contributed by atoms with Gasteiger partial charge in [0, 0.05) is 0 Å². The van der Waals surface area contributed by atoms with Crippen molar-refractivity contribution in [1.29, 1.82) is 0 Å². The molecule has 0 aliphatic carbocycles. The summed E-state index contributed by atoms with van der Waals surface area (Å²) in [6.45, 7) is 1.08. The molecule has 0 amide bonds. The molecule has 4 N–H and O–H groups in total. The molecule has 7 heteroatoms. The van der Waals surface area contributed by atoms with Crippen LogP contribution >= 0.6 is 17.0 Å². The molecule has 2 aromatic rings. The average molecular weight is 437 g/mol. The third-order valence-corrected chi connectivity index (χ3v) is 4.06. The fourth-order valence-electron chi connectivity index (χ4n) is 2.73. The minimum Gasteiger partial charge on any atom is -0.480 e. The largest absolute Gasteiger partial charge is 0.480 e. The van der Waals surface area contributed by atoms with Gasteiger partial charge in [-0.1, -0.05) is 60.7 Å². The lowest BCUT2D eigenvalue weighted by Gasteiger charge is -2.16. The number of unbranched alkanes of at least 4 members (excludes halogenated alkanes) is 1. The lowest BCUT2D eigenvalue weighted by atomic mass is 10.1.